The minimum absolute atomic E-state index is 0.375. The maximum absolute atomic E-state index is 5.20. The van der Waals surface area contributed by atoms with E-state index in [9.17, 15) is 0 Å². The minimum Gasteiger partial charge on any atom is -0.361 e. The largest absolute Gasteiger partial charge is 0.361 e. The van der Waals surface area contributed by atoms with Gasteiger partial charge < -0.3 is 4.52 Å². The molecule has 1 aliphatic heterocycles. The van der Waals surface area contributed by atoms with Crippen LogP contribution in [0.1, 0.15) is 41.7 Å². The van der Waals surface area contributed by atoms with E-state index in [2.05, 4.69) is 27.2 Å². The van der Waals surface area contributed by atoms with Crippen molar-refractivity contribution < 1.29 is 4.52 Å². The van der Waals surface area contributed by atoms with Crippen LogP contribution in [0.25, 0.3) is 0 Å². The van der Waals surface area contributed by atoms with Crippen molar-refractivity contribution in [2.75, 3.05) is 6.54 Å². The zero-order valence-electron chi connectivity index (χ0n) is 11.5. The Hall–Kier alpha value is -1.68. The maximum Gasteiger partial charge on any atom is 0.133 e. The monoisotopic (exact) mass is 257 g/mol. The van der Waals surface area contributed by atoms with Crippen LogP contribution in [0.3, 0.4) is 0 Å². The molecule has 3 heterocycles. The van der Waals surface area contributed by atoms with Crippen LogP contribution in [-0.4, -0.2) is 21.6 Å². The van der Waals surface area contributed by atoms with E-state index >= 15 is 0 Å². The molecule has 2 aromatic heterocycles. The lowest BCUT2D eigenvalue weighted by atomic mass is 10.1. The van der Waals surface area contributed by atoms with Crippen molar-refractivity contribution in [1.29, 1.82) is 0 Å². The molecule has 100 valence electrons. The number of likely N-dealkylation sites (tertiary alicyclic amines) is 1. The standard InChI is InChI=1S/C15H19N3O/c1-11-5-3-6-13(16-11)10-18-8-4-7-15(18)14-9-12(2)19-17-14/h3,5-6,9,15H,4,7-8,10H2,1-2H3/t15-/m0/s1. The molecule has 0 bridgehead atoms. The Balaban J connectivity index is 1.76. The Labute approximate surface area is 113 Å². The fraction of sp³-hybridized carbons (Fsp3) is 0.467. The molecule has 2 aromatic rings. The molecule has 0 amide bonds. The molecule has 0 unspecified atom stereocenters. The second kappa shape index (κ2) is 5.13. The summed E-state index contributed by atoms with van der Waals surface area (Å²) >= 11 is 0. The minimum atomic E-state index is 0.375. The summed E-state index contributed by atoms with van der Waals surface area (Å²) in [6.45, 7) is 5.97. The summed E-state index contributed by atoms with van der Waals surface area (Å²) in [6, 6.07) is 8.62. The van der Waals surface area contributed by atoms with Gasteiger partial charge in [0.05, 0.1) is 11.7 Å². The molecule has 0 radical (unpaired) electrons. The quantitative estimate of drug-likeness (QED) is 0.847. The predicted molar refractivity (Wildman–Crippen MR) is 72.6 cm³/mol. The Kier molecular flexibility index (Phi) is 3.34. The molecule has 0 spiro atoms. The Bertz CT molecular complexity index is 564. The van der Waals surface area contributed by atoms with Crippen molar-refractivity contribution in [2.45, 2.75) is 39.3 Å². The van der Waals surface area contributed by atoms with Gasteiger partial charge in [0.1, 0.15) is 11.5 Å². The highest BCUT2D eigenvalue weighted by Crippen LogP contribution is 2.32. The Morgan fingerprint density at radius 3 is 3.00 bits per heavy atom. The summed E-state index contributed by atoms with van der Waals surface area (Å²) in [7, 11) is 0. The van der Waals surface area contributed by atoms with Crippen molar-refractivity contribution in [3.63, 3.8) is 0 Å². The normalized spacial score (nSPS) is 20.0. The van der Waals surface area contributed by atoms with Gasteiger partial charge in [-0.2, -0.15) is 0 Å². The summed E-state index contributed by atoms with van der Waals surface area (Å²) in [5, 5.41) is 4.17. The number of rotatable bonds is 3. The SMILES string of the molecule is Cc1cccc(CN2CCC[C@H]2c2cc(C)on2)n1. The third kappa shape index (κ3) is 2.68. The van der Waals surface area contributed by atoms with Crippen LogP contribution in [0.5, 0.6) is 0 Å². The zero-order valence-corrected chi connectivity index (χ0v) is 11.5. The Morgan fingerprint density at radius 2 is 2.26 bits per heavy atom. The van der Waals surface area contributed by atoms with Crippen LogP contribution in [-0.2, 0) is 6.54 Å². The second-order valence-corrected chi connectivity index (χ2v) is 5.26. The summed E-state index contributed by atoms with van der Waals surface area (Å²) in [5.41, 5.74) is 3.26. The summed E-state index contributed by atoms with van der Waals surface area (Å²) in [4.78, 5) is 7.03. The molecule has 0 N–H and O–H groups in total. The molecule has 4 nitrogen and oxygen atoms in total. The molecule has 3 rings (SSSR count). The van der Waals surface area contributed by atoms with Gasteiger partial charge >= 0.3 is 0 Å². The molecule has 19 heavy (non-hydrogen) atoms. The number of nitrogens with zero attached hydrogens (tertiary/aromatic N) is 3. The van der Waals surface area contributed by atoms with Gasteiger partial charge in [-0.3, -0.25) is 9.88 Å². The van der Waals surface area contributed by atoms with E-state index in [-0.39, 0.29) is 0 Å². The number of hydrogen-bond acceptors (Lipinski definition) is 4. The first-order chi connectivity index (χ1) is 9.22. The number of aryl methyl sites for hydroxylation is 2. The summed E-state index contributed by atoms with van der Waals surface area (Å²) in [5.74, 6) is 0.885. The predicted octanol–water partition coefficient (Wildman–Crippen LogP) is 3.02. The van der Waals surface area contributed by atoms with Gasteiger partial charge in [-0.05, 0) is 45.4 Å². The van der Waals surface area contributed by atoms with E-state index in [4.69, 9.17) is 4.52 Å². The average molecular weight is 257 g/mol. The van der Waals surface area contributed by atoms with Gasteiger partial charge in [0, 0.05) is 18.3 Å². The van der Waals surface area contributed by atoms with Crippen molar-refractivity contribution in [1.82, 2.24) is 15.0 Å². The van der Waals surface area contributed by atoms with E-state index < -0.39 is 0 Å². The molecule has 1 fully saturated rings. The van der Waals surface area contributed by atoms with E-state index in [0.717, 1.165) is 42.4 Å². The smallest absolute Gasteiger partial charge is 0.133 e. The fourth-order valence-corrected chi connectivity index (χ4v) is 2.79. The highest BCUT2D eigenvalue weighted by atomic mass is 16.5. The van der Waals surface area contributed by atoms with Gasteiger partial charge in [0.25, 0.3) is 0 Å². The van der Waals surface area contributed by atoms with E-state index in [1.807, 2.05) is 26.0 Å². The molecular weight excluding hydrogens is 238 g/mol. The molecule has 0 saturated carbocycles. The third-order valence-corrected chi connectivity index (χ3v) is 3.66. The van der Waals surface area contributed by atoms with Crippen LogP contribution >= 0.6 is 0 Å². The maximum atomic E-state index is 5.20. The third-order valence-electron chi connectivity index (χ3n) is 3.66. The lowest BCUT2D eigenvalue weighted by Gasteiger charge is -2.22. The first kappa shape index (κ1) is 12.4. The number of hydrogen-bond donors (Lipinski definition) is 0. The van der Waals surface area contributed by atoms with E-state index in [0.29, 0.717) is 6.04 Å². The summed E-state index contributed by atoms with van der Waals surface area (Å²) < 4.78 is 5.20. The van der Waals surface area contributed by atoms with Gasteiger partial charge in [0.2, 0.25) is 0 Å². The average Bonchev–Trinajstić information content (AvgIpc) is 2.98. The van der Waals surface area contributed by atoms with Crippen LogP contribution in [0.2, 0.25) is 0 Å². The topological polar surface area (TPSA) is 42.2 Å². The molecule has 1 atom stereocenters. The molecule has 4 heteroatoms. The van der Waals surface area contributed by atoms with E-state index in [1.54, 1.807) is 0 Å². The first-order valence-corrected chi connectivity index (χ1v) is 6.82. The first-order valence-electron chi connectivity index (χ1n) is 6.82. The van der Waals surface area contributed by atoms with Gasteiger partial charge in [-0.25, -0.2) is 0 Å². The molecular formula is C15H19N3O. The molecule has 0 aromatic carbocycles. The summed E-state index contributed by atoms with van der Waals surface area (Å²) in [6.07, 6.45) is 2.36. The highest BCUT2D eigenvalue weighted by Gasteiger charge is 2.28. The molecule has 0 aliphatic carbocycles. The van der Waals surface area contributed by atoms with Gasteiger partial charge in [-0.15, -0.1) is 0 Å². The lowest BCUT2D eigenvalue weighted by Crippen LogP contribution is -2.23. The van der Waals surface area contributed by atoms with E-state index in [1.165, 1.54) is 6.42 Å². The molecule has 1 saturated heterocycles. The van der Waals surface area contributed by atoms with Crippen molar-refractivity contribution >= 4 is 0 Å². The van der Waals surface area contributed by atoms with Crippen LogP contribution in [0.4, 0.5) is 0 Å². The van der Waals surface area contributed by atoms with Crippen LogP contribution in [0, 0.1) is 13.8 Å². The van der Waals surface area contributed by atoms with Gasteiger partial charge in [0.15, 0.2) is 0 Å². The number of pyridine rings is 1. The van der Waals surface area contributed by atoms with Crippen LogP contribution < -0.4 is 0 Å². The Morgan fingerprint density at radius 1 is 1.37 bits per heavy atom. The zero-order chi connectivity index (χ0) is 13.2. The highest BCUT2D eigenvalue weighted by molar-refractivity contribution is 5.13. The van der Waals surface area contributed by atoms with Crippen molar-refractivity contribution in [3.05, 3.63) is 47.1 Å². The van der Waals surface area contributed by atoms with Crippen molar-refractivity contribution in [2.24, 2.45) is 0 Å². The lowest BCUT2D eigenvalue weighted by molar-refractivity contribution is 0.234. The molecule has 1 aliphatic rings. The second-order valence-electron chi connectivity index (χ2n) is 5.26. The van der Waals surface area contributed by atoms with Gasteiger partial charge in [-0.1, -0.05) is 11.2 Å². The number of aromatic nitrogens is 2. The van der Waals surface area contributed by atoms with Crippen LogP contribution in [0.15, 0.2) is 28.8 Å². The van der Waals surface area contributed by atoms with Crippen molar-refractivity contribution in [3.8, 4) is 0 Å². The fourth-order valence-electron chi connectivity index (χ4n) is 2.79.